The average molecular weight is 246 g/mol. The first kappa shape index (κ1) is 12.6. The lowest BCUT2D eigenvalue weighted by molar-refractivity contribution is 0.0698. The molecule has 0 fully saturated rings. The van der Waals surface area contributed by atoms with Crippen LogP contribution in [0.15, 0.2) is 24.4 Å². The van der Waals surface area contributed by atoms with E-state index >= 15 is 0 Å². The Morgan fingerprint density at radius 3 is 2.83 bits per heavy atom. The highest BCUT2D eigenvalue weighted by Gasteiger charge is 2.15. The number of carboxylic acids is 1. The maximum Gasteiger partial charge on any atom is 0.337 e. The molecule has 0 bridgehead atoms. The highest BCUT2D eigenvalue weighted by atomic mass is 16.4. The molecule has 4 heteroatoms. The molecule has 0 saturated carbocycles. The number of fused-ring (bicyclic) bond motifs is 1. The molecule has 1 aromatic heterocycles. The van der Waals surface area contributed by atoms with E-state index in [1.807, 2.05) is 16.8 Å². The number of para-hydroxylation sites is 1. The molecule has 0 unspecified atom stereocenters. The van der Waals surface area contributed by atoms with Crippen molar-refractivity contribution in [2.75, 3.05) is 6.54 Å². The maximum absolute atomic E-state index is 11.3. The number of hydrogen-bond acceptors (Lipinski definition) is 2. The fourth-order valence-corrected chi connectivity index (χ4v) is 2.38. The number of aryl methyl sites for hydroxylation is 1. The summed E-state index contributed by atoms with van der Waals surface area (Å²) in [5.41, 5.74) is 7.92. The molecular weight excluding hydrogens is 228 g/mol. The van der Waals surface area contributed by atoms with Gasteiger partial charge in [-0.05, 0) is 31.0 Å². The molecule has 2 rings (SSSR count). The van der Waals surface area contributed by atoms with Crippen molar-refractivity contribution in [2.45, 2.75) is 26.3 Å². The second kappa shape index (κ2) is 5.23. The van der Waals surface area contributed by atoms with Gasteiger partial charge >= 0.3 is 5.97 Å². The van der Waals surface area contributed by atoms with Gasteiger partial charge in [-0.1, -0.05) is 19.1 Å². The van der Waals surface area contributed by atoms with Gasteiger partial charge in [0.05, 0.1) is 11.1 Å². The van der Waals surface area contributed by atoms with Crippen molar-refractivity contribution in [1.29, 1.82) is 0 Å². The number of hydrogen-bond donors (Lipinski definition) is 2. The highest BCUT2D eigenvalue weighted by Crippen LogP contribution is 2.25. The molecule has 1 heterocycles. The minimum atomic E-state index is -0.879. The standard InChI is InChI=1S/C14H18N2O2/c1-2-8-16-9-10(6-7-15)11-4-3-5-12(13(11)16)14(17)18/h3-5,9H,2,6-8,15H2,1H3,(H,17,18). The average Bonchev–Trinajstić information content (AvgIpc) is 2.69. The lowest BCUT2D eigenvalue weighted by Gasteiger charge is -2.05. The van der Waals surface area contributed by atoms with Gasteiger partial charge in [-0.25, -0.2) is 4.79 Å². The monoisotopic (exact) mass is 246 g/mol. The quantitative estimate of drug-likeness (QED) is 0.850. The van der Waals surface area contributed by atoms with Crippen LogP contribution in [0.5, 0.6) is 0 Å². The summed E-state index contributed by atoms with van der Waals surface area (Å²) in [5.74, 6) is -0.879. The van der Waals surface area contributed by atoms with E-state index in [0.717, 1.165) is 35.9 Å². The minimum absolute atomic E-state index is 0.365. The molecule has 18 heavy (non-hydrogen) atoms. The van der Waals surface area contributed by atoms with Gasteiger partial charge in [0.15, 0.2) is 0 Å². The summed E-state index contributed by atoms with van der Waals surface area (Å²) in [4.78, 5) is 11.3. The third-order valence-corrected chi connectivity index (χ3v) is 3.09. The van der Waals surface area contributed by atoms with Crippen LogP contribution in [-0.4, -0.2) is 22.2 Å². The largest absolute Gasteiger partial charge is 0.478 e. The molecule has 1 aromatic carbocycles. The summed E-state index contributed by atoms with van der Waals surface area (Å²) in [6, 6.07) is 5.42. The number of carboxylic acid groups (broad SMARTS) is 1. The molecule has 0 aliphatic carbocycles. The Kier molecular flexibility index (Phi) is 3.67. The zero-order chi connectivity index (χ0) is 13.1. The predicted molar refractivity (Wildman–Crippen MR) is 71.9 cm³/mol. The zero-order valence-electron chi connectivity index (χ0n) is 10.5. The Morgan fingerprint density at radius 2 is 2.22 bits per heavy atom. The molecule has 4 nitrogen and oxygen atoms in total. The van der Waals surface area contributed by atoms with Crippen molar-refractivity contribution in [1.82, 2.24) is 4.57 Å². The Labute approximate surface area is 106 Å². The van der Waals surface area contributed by atoms with Gasteiger partial charge in [0.1, 0.15) is 0 Å². The van der Waals surface area contributed by atoms with Gasteiger partial charge in [-0.15, -0.1) is 0 Å². The van der Waals surface area contributed by atoms with E-state index in [9.17, 15) is 9.90 Å². The van der Waals surface area contributed by atoms with Crippen LogP contribution in [0.2, 0.25) is 0 Å². The Hall–Kier alpha value is -1.81. The van der Waals surface area contributed by atoms with E-state index in [4.69, 9.17) is 5.73 Å². The van der Waals surface area contributed by atoms with Crippen LogP contribution in [0.1, 0.15) is 29.3 Å². The lowest BCUT2D eigenvalue weighted by Crippen LogP contribution is -2.02. The third kappa shape index (κ3) is 2.11. The Balaban J connectivity index is 2.70. The molecule has 0 saturated heterocycles. The molecular formula is C14H18N2O2. The minimum Gasteiger partial charge on any atom is -0.478 e. The van der Waals surface area contributed by atoms with Crippen LogP contribution < -0.4 is 5.73 Å². The molecule has 0 amide bonds. The first-order valence-corrected chi connectivity index (χ1v) is 6.23. The molecule has 96 valence electrons. The maximum atomic E-state index is 11.3. The van der Waals surface area contributed by atoms with Crippen LogP contribution >= 0.6 is 0 Å². The predicted octanol–water partition coefficient (Wildman–Crippen LogP) is 2.25. The van der Waals surface area contributed by atoms with E-state index in [-0.39, 0.29) is 0 Å². The number of benzene rings is 1. The summed E-state index contributed by atoms with van der Waals surface area (Å²) < 4.78 is 2.03. The fraction of sp³-hybridized carbons (Fsp3) is 0.357. The summed E-state index contributed by atoms with van der Waals surface area (Å²) in [7, 11) is 0. The smallest absolute Gasteiger partial charge is 0.337 e. The van der Waals surface area contributed by atoms with Gasteiger partial charge in [0.25, 0.3) is 0 Å². The van der Waals surface area contributed by atoms with E-state index in [1.165, 1.54) is 0 Å². The van der Waals surface area contributed by atoms with Gasteiger partial charge in [0.2, 0.25) is 0 Å². The lowest BCUT2D eigenvalue weighted by atomic mass is 10.1. The molecule has 2 aromatic rings. The number of rotatable bonds is 5. The van der Waals surface area contributed by atoms with Crippen molar-refractivity contribution in [3.8, 4) is 0 Å². The van der Waals surface area contributed by atoms with E-state index in [0.29, 0.717) is 12.1 Å². The summed E-state index contributed by atoms with van der Waals surface area (Å²) >= 11 is 0. The van der Waals surface area contributed by atoms with Crippen LogP contribution in [0.4, 0.5) is 0 Å². The van der Waals surface area contributed by atoms with Crippen molar-refractivity contribution in [3.63, 3.8) is 0 Å². The van der Waals surface area contributed by atoms with Gasteiger partial charge in [-0.2, -0.15) is 0 Å². The summed E-state index contributed by atoms with van der Waals surface area (Å²) in [6.07, 6.45) is 3.78. The van der Waals surface area contributed by atoms with Crippen LogP contribution in [0.3, 0.4) is 0 Å². The van der Waals surface area contributed by atoms with Crippen molar-refractivity contribution in [2.24, 2.45) is 5.73 Å². The second-order valence-corrected chi connectivity index (χ2v) is 4.39. The van der Waals surface area contributed by atoms with Gasteiger partial charge in [0, 0.05) is 18.1 Å². The van der Waals surface area contributed by atoms with Crippen molar-refractivity contribution < 1.29 is 9.90 Å². The Morgan fingerprint density at radius 1 is 1.44 bits per heavy atom. The summed E-state index contributed by atoms with van der Waals surface area (Å²) in [5, 5.41) is 10.3. The zero-order valence-corrected chi connectivity index (χ0v) is 10.5. The molecule has 3 N–H and O–H groups in total. The fourth-order valence-electron chi connectivity index (χ4n) is 2.38. The SMILES string of the molecule is CCCn1cc(CCN)c2cccc(C(=O)O)c21. The summed E-state index contributed by atoms with van der Waals surface area (Å²) in [6.45, 7) is 3.48. The molecule has 0 aliphatic rings. The topological polar surface area (TPSA) is 68.2 Å². The van der Waals surface area contributed by atoms with Crippen molar-refractivity contribution in [3.05, 3.63) is 35.5 Å². The van der Waals surface area contributed by atoms with Gasteiger partial charge < -0.3 is 15.4 Å². The first-order chi connectivity index (χ1) is 8.69. The Bertz CT molecular complexity index is 572. The number of nitrogens with two attached hydrogens (primary N) is 1. The van der Waals surface area contributed by atoms with E-state index in [2.05, 4.69) is 6.92 Å². The highest BCUT2D eigenvalue weighted by molar-refractivity contribution is 6.03. The second-order valence-electron chi connectivity index (χ2n) is 4.39. The molecule has 0 atom stereocenters. The number of carbonyl (C=O) groups is 1. The molecule has 0 radical (unpaired) electrons. The molecule has 0 aliphatic heterocycles. The van der Waals surface area contributed by atoms with Crippen LogP contribution in [0.25, 0.3) is 10.9 Å². The van der Waals surface area contributed by atoms with Crippen LogP contribution in [0, 0.1) is 0 Å². The van der Waals surface area contributed by atoms with Gasteiger partial charge in [-0.3, -0.25) is 0 Å². The number of nitrogens with zero attached hydrogens (tertiary/aromatic N) is 1. The number of aromatic carboxylic acids is 1. The van der Waals surface area contributed by atoms with Crippen LogP contribution in [-0.2, 0) is 13.0 Å². The van der Waals surface area contributed by atoms with E-state index in [1.54, 1.807) is 12.1 Å². The normalized spacial score (nSPS) is 11.0. The number of aromatic nitrogens is 1. The first-order valence-electron chi connectivity index (χ1n) is 6.23. The van der Waals surface area contributed by atoms with E-state index < -0.39 is 5.97 Å². The van der Waals surface area contributed by atoms with Crippen molar-refractivity contribution >= 4 is 16.9 Å². The molecule has 0 spiro atoms. The third-order valence-electron chi connectivity index (χ3n) is 3.09.